The van der Waals surface area contributed by atoms with Crippen molar-refractivity contribution in [2.24, 2.45) is 0 Å². The molecule has 0 aliphatic rings. The highest BCUT2D eigenvalue weighted by Crippen LogP contribution is 1.94. The first-order valence-electron chi connectivity index (χ1n) is 5.42. The molecule has 0 heterocycles. The summed E-state index contributed by atoms with van der Waals surface area (Å²) < 4.78 is 4.44. The largest absolute Gasteiger partial charge is 0.479 e. The number of rotatable bonds is 7. The van der Waals surface area contributed by atoms with Crippen LogP contribution in [0.5, 0.6) is 0 Å². The van der Waals surface area contributed by atoms with E-state index < -0.39 is 30.6 Å². The molecule has 0 unspecified atom stereocenters. The number of aliphatic carboxylic acids is 1. The number of aliphatic hydroxyl groups is 1. The molecule has 0 aromatic heterocycles. The van der Waals surface area contributed by atoms with Crippen LogP contribution in [0.4, 0.5) is 4.79 Å². The first-order valence-corrected chi connectivity index (χ1v) is 5.42. The van der Waals surface area contributed by atoms with Crippen LogP contribution in [0.2, 0.25) is 0 Å². The number of hydrogen-bond acceptors (Lipinski definition) is 5. The molecule has 8 heteroatoms. The molecular weight excluding hydrogens is 244 g/mol. The van der Waals surface area contributed by atoms with E-state index in [2.05, 4.69) is 10.1 Å². The molecule has 0 aromatic rings. The predicted molar refractivity (Wildman–Crippen MR) is 60.9 cm³/mol. The normalized spacial score (nSPS) is 11.5. The second kappa shape index (κ2) is 8.29. The molecule has 8 nitrogen and oxygen atoms in total. The summed E-state index contributed by atoms with van der Waals surface area (Å²) in [6, 6.07) is -0.623. The topological polar surface area (TPSA) is 116 Å². The lowest BCUT2D eigenvalue weighted by Gasteiger charge is -2.21. The molecule has 104 valence electrons. The van der Waals surface area contributed by atoms with Crippen LogP contribution in [0.1, 0.15) is 13.3 Å². The Morgan fingerprint density at radius 3 is 2.44 bits per heavy atom. The van der Waals surface area contributed by atoms with Gasteiger partial charge < -0.3 is 25.2 Å². The molecule has 0 aromatic carbocycles. The lowest BCUT2D eigenvalue weighted by Crippen LogP contribution is -2.46. The Kier molecular flexibility index (Phi) is 7.45. The number of hydrogen-bond donors (Lipinski definition) is 3. The third-order valence-corrected chi connectivity index (χ3v) is 2.06. The summed E-state index contributed by atoms with van der Waals surface area (Å²) >= 11 is 0. The van der Waals surface area contributed by atoms with E-state index in [0.29, 0.717) is 13.0 Å². The number of aliphatic hydroxyl groups excluding tert-OH is 1. The molecule has 0 fully saturated rings. The van der Waals surface area contributed by atoms with Crippen molar-refractivity contribution in [2.45, 2.75) is 19.4 Å². The quantitative estimate of drug-likeness (QED) is 0.508. The van der Waals surface area contributed by atoms with Crippen molar-refractivity contribution < 1.29 is 29.3 Å². The highest BCUT2D eigenvalue weighted by molar-refractivity contribution is 5.81. The van der Waals surface area contributed by atoms with Gasteiger partial charge in [-0.25, -0.2) is 9.59 Å². The van der Waals surface area contributed by atoms with Gasteiger partial charge in [-0.2, -0.15) is 0 Å². The smallest absolute Gasteiger partial charge is 0.334 e. The first kappa shape index (κ1) is 16.2. The molecule has 0 aliphatic heterocycles. The molecule has 0 bridgehead atoms. The van der Waals surface area contributed by atoms with Crippen molar-refractivity contribution in [1.82, 2.24) is 10.2 Å². The minimum atomic E-state index is -1.67. The average Bonchev–Trinajstić information content (AvgIpc) is 2.34. The number of carboxylic acids is 1. The van der Waals surface area contributed by atoms with Crippen molar-refractivity contribution in [3.8, 4) is 0 Å². The molecule has 0 saturated carbocycles. The van der Waals surface area contributed by atoms with Gasteiger partial charge in [0.15, 0.2) is 6.10 Å². The zero-order valence-corrected chi connectivity index (χ0v) is 10.4. The summed E-state index contributed by atoms with van der Waals surface area (Å²) in [7, 11) is 1.21. The number of nitrogens with one attached hydrogen (secondary N) is 1. The van der Waals surface area contributed by atoms with Crippen molar-refractivity contribution in [3.63, 3.8) is 0 Å². The lowest BCUT2D eigenvalue weighted by molar-refractivity contribution is -0.146. The highest BCUT2D eigenvalue weighted by atomic mass is 16.5. The Balaban J connectivity index is 4.29. The summed E-state index contributed by atoms with van der Waals surface area (Å²) in [6.45, 7) is 1.50. The highest BCUT2D eigenvalue weighted by Gasteiger charge is 2.19. The third-order valence-electron chi connectivity index (χ3n) is 2.06. The van der Waals surface area contributed by atoms with Crippen LogP contribution < -0.4 is 5.32 Å². The Labute approximate surface area is 105 Å². The fourth-order valence-corrected chi connectivity index (χ4v) is 1.13. The van der Waals surface area contributed by atoms with Gasteiger partial charge in [0.25, 0.3) is 0 Å². The van der Waals surface area contributed by atoms with Gasteiger partial charge in [0.2, 0.25) is 0 Å². The van der Waals surface area contributed by atoms with Crippen molar-refractivity contribution in [2.75, 3.05) is 26.7 Å². The van der Waals surface area contributed by atoms with Crippen LogP contribution in [0, 0.1) is 0 Å². The predicted octanol–water partition coefficient (Wildman–Crippen LogP) is -0.973. The molecule has 0 spiro atoms. The maximum absolute atomic E-state index is 11.6. The molecular formula is C10H18N2O6. The van der Waals surface area contributed by atoms with Gasteiger partial charge in [-0.3, -0.25) is 4.79 Å². The zero-order chi connectivity index (χ0) is 14.1. The first-order chi connectivity index (χ1) is 8.42. The van der Waals surface area contributed by atoms with Gasteiger partial charge in [0, 0.05) is 6.54 Å². The molecule has 2 amide bonds. The van der Waals surface area contributed by atoms with Crippen LogP contribution in [-0.4, -0.2) is 65.9 Å². The monoisotopic (exact) mass is 262 g/mol. The molecule has 0 rings (SSSR count). The maximum Gasteiger partial charge on any atom is 0.334 e. The van der Waals surface area contributed by atoms with Gasteiger partial charge in [-0.15, -0.1) is 0 Å². The van der Waals surface area contributed by atoms with E-state index in [4.69, 9.17) is 10.2 Å². The van der Waals surface area contributed by atoms with E-state index in [1.807, 2.05) is 6.92 Å². The molecule has 1 atom stereocenters. The Hall–Kier alpha value is -1.83. The number of amides is 2. The van der Waals surface area contributed by atoms with Gasteiger partial charge in [0.1, 0.15) is 6.54 Å². The molecule has 0 saturated heterocycles. The summed E-state index contributed by atoms with van der Waals surface area (Å²) in [5.41, 5.74) is 0. The maximum atomic E-state index is 11.6. The van der Waals surface area contributed by atoms with Crippen molar-refractivity contribution >= 4 is 18.0 Å². The summed E-state index contributed by atoms with van der Waals surface area (Å²) in [4.78, 5) is 34.2. The van der Waals surface area contributed by atoms with Gasteiger partial charge in [-0.05, 0) is 6.42 Å². The summed E-state index contributed by atoms with van der Waals surface area (Å²) in [6.07, 6.45) is -1.04. The minimum absolute atomic E-state index is 0.223. The number of carbonyl (C=O) groups excluding carboxylic acids is 2. The summed E-state index contributed by atoms with van der Waals surface area (Å²) in [5, 5.41) is 19.6. The molecule has 3 N–H and O–H groups in total. The average molecular weight is 262 g/mol. The van der Waals surface area contributed by atoms with E-state index in [9.17, 15) is 14.4 Å². The van der Waals surface area contributed by atoms with Gasteiger partial charge in [0.05, 0.1) is 13.7 Å². The van der Waals surface area contributed by atoms with Crippen molar-refractivity contribution in [3.05, 3.63) is 0 Å². The summed E-state index contributed by atoms with van der Waals surface area (Å²) in [5.74, 6) is -2.00. The van der Waals surface area contributed by atoms with E-state index in [0.717, 1.165) is 0 Å². The molecule has 18 heavy (non-hydrogen) atoms. The molecule has 0 aliphatic carbocycles. The number of methoxy groups -OCH3 is 1. The second-order valence-electron chi connectivity index (χ2n) is 3.54. The van der Waals surface area contributed by atoms with E-state index in [1.165, 1.54) is 12.0 Å². The Morgan fingerprint density at radius 2 is 2.00 bits per heavy atom. The van der Waals surface area contributed by atoms with Gasteiger partial charge >= 0.3 is 18.0 Å². The number of ether oxygens (including phenoxy) is 1. The fourth-order valence-electron chi connectivity index (χ4n) is 1.13. The number of esters is 1. The second-order valence-corrected chi connectivity index (χ2v) is 3.54. The Bertz CT molecular complexity index is 307. The van der Waals surface area contributed by atoms with Crippen LogP contribution in [-0.2, 0) is 14.3 Å². The SMILES string of the molecule is CCCN(CC(=O)OC)C(=O)NC[C@H](O)C(=O)O. The number of nitrogens with zero attached hydrogens (tertiary/aromatic N) is 1. The number of carboxylic acid groups (broad SMARTS) is 1. The fraction of sp³-hybridized carbons (Fsp3) is 0.700. The number of carbonyl (C=O) groups is 3. The van der Waals surface area contributed by atoms with Crippen LogP contribution >= 0.6 is 0 Å². The third kappa shape index (κ3) is 6.04. The van der Waals surface area contributed by atoms with E-state index >= 15 is 0 Å². The van der Waals surface area contributed by atoms with Crippen LogP contribution in [0.15, 0.2) is 0 Å². The molecule has 0 radical (unpaired) electrons. The van der Waals surface area contributed by atoms with Crippen molar-refractivity contribution in [1.29, 1.82) is 0 Å². The van der Waals surface area contributed by atoms with Crippen LogP contribution in [0.3, 0.4) is 0 Å². The lowest BCUT2D eigenvalue weighted by atomic mass is 10.3. The van der Waals surface area contributed by atoms with Gasteiger partial charge in [-0.1, -0.05) is 6.92 Å². The Morgan fingerprint density at radius 1 is 1.39 bits per heavy atom. The minimum Gasteiger partial charge on any atom is -0.479 e. The van der Waals surface area contributed by atoms with Crippen LogP contribution in [0.25, 0.3) is 0 Å². The van der Waals surface area contributed by atoms with E-state index in [1.54, 1.807) is 0 Å². The zero-order valence-electron chi connectivity index (χ0n) is 10.4. The number of urea groups is 1. The standard InChI is InChI=1S/C10H18N2O6/c1-3-4-12(6-8(14)18-2)10(17)11-5-7(13)9(15)16/h7,13H,3-6H2,1-2H3,(H,11,17)(H,15,16)/t7-/m0/s1. The van der Waals surface area contributed by atoms with E-state index in [-0.39, 0.29) is 6.54 Å².